The Hall–Kier alpha value is -1.55. The number of nitrogens with one attached hydrogen (secondary N) is 1. The SMILES string of the molecule is CCOC(=O)N1C(=O)N[C@]23CCCN2C(=O)c2cc(Br)c(Br)n2[C@H]13. The molecule has 24 heavy (non-hydrogen) atoms. The Morgan fingerprint density at radius 1 is 1.46 bits per heavy atom. The molecule has 128 valence electrons. The maximum atomic E-state index is 12.9. The smallest absolute Gasteiger partial charge is 0.419 e. The summed E-state index contributed by atoms with van der Waals surface area (Å²) in [6.45, 7) is 2.38. The third-order valence-corrected chi connectivity index (χ3v) is 6.69. The van der Waals surface area contributed by atoms with Crippen LogP contribution >= 0.6 is 31.9 Å². The molecule has 1 aromatic rings. The molecule has 4 amide bonds. The summed E-state index contributed by atoms with van der Waals surface area (Å²) < 4.78 is 8.03. The number of hydrogen-bond acceptors (Lipinski definition) is 4. The van der Waals surface area contributed by atoms with E-state index in [1.165, 1.54) is 0 Å². The van der Waals surface area contributed by atoms with Crippen LogP contribution in [-0.2, 0) is 4.74 Å². The second-order valence-electron chi connectivity index (χ2n) is 5.90. The van der Waals surface area contributed by atoms with Crippen molar-refractivity contribution in [2.24, 2.45) is 0 Å². The van der Waals surface area contributed by atoms with Crippen molar-refractivity contribution in [1.82, 2.24) is 19.7 Å². The molecule has 4 rings (SSSR count). The van der Waals surface area contributed by atoms with E-state index in [1.807, 2.05) is 0 Å². The summed E-state index contributed by atoms with van der Waals surface area (Å²) in [4.78, 5) is 40.6. The van der Waals surface area contributed by atoms with Gasteiger partial charge < -0.3 is 19.5 Å². The Morgan fingerprint density at radius 3 is 2.92 bits per heavy atom. The fourth-order valence-corrected chi connectivity index (χ4v) is 4.78. The van der Waals surface area contributed by atoms with Crippen LogP contribution in [0.1, 0.15) is 36.4 Å². The van der Waals surface area contributed by atoms with Gasteiger partial charge in [0.15, 0.2) is 11.8 Å². The first kappa shape index (κ1) is 15.9. The van der Waals surface area contributed by atoms with Gasteiger partial charge in [-0.05, 0) is 57.7 Å². The molecule has 0 radical (unpaired) electrons. The molecule has 1 aromatic heterocycles. The number of imide groups is 1. The van der Waals surface area contributed by atoms with Crippen LogP contribution in [0.25, 0.3) is 0 Å². The quantitative estimate of drug-likeness (QED) is 0.696. The van der Waals surface area contributed by atoms with Gasteiger partial charge in [-0.1, -0.05) is 0 Å². The van der Waals surface area contributed by atoms with E-state index in [0.717, 1.165) is 11.3 Å². The Labute approximate surface area is 154 Å². The van der Waals surface area contributed by atoms with Gasteiger partial charge in [0.1, 0.15) is 10.3 Å². The molecule has 10 heteroatoms. The number of nitrogens with zero attached hydrogens (tertiary/aromatic N) is 3. The van der Waals surface area contributed by atoms with E-state index in [9.17, 15) is 14.4 Å². The Morgan fingerprint density at radius 2 is 2.21 bits per heavy atom. The van der Waals surface area contributed by atoms with E-state index in [0.29, 0.717) is 27.7 Å². The molecule has 3 aliphatic rings. The lowest BCUT2D eigenvalue weighted by molar-refractivity contribution is 0.00847. The van der Waals surface area contributed by atoms with Crippen LogP contribution in [0, 0.1) is 0 Å². The average Bonchev–Trinajstić information content (AvgIpc) is 3.16. The van der Waals surface area contributed by atoms with Crippen molar-refractivity contribution < 1.29 is 19.1 Å². The molecule has 8 nitrogen and oxygen atoms in total. The largest absolute Gasteiger partial charge is 0.449 e. The van der Waals surface area contributed by atoms with Crippen molar-refractivity contribution in [1.29, 1.82) is 0 Å². The number of carbonyl (C=O) groups excluding carboxylic acids is 3. The van der Waals surface area contributed by atoms with E-state index in [-0.39, 0.29) is 12.5 Å². The lowest BCUT2D eigenvalue weighted by atomic mass is 10.0. The van der Waals surface area contributed by atoms with E-state index in [1.54, 1.807) is 22.5 Å². The van der Waals surface area contributed by atoms with Gasteiger partial charge in [0, 0.05) is 6.54 Å². The van der Waals surface area contributed by atoms with Gasteiger partial charge in [-0.25, -0.2) is 14.5 Å². The highest BCUT2D eigenvalue weighted by molar-refractivity contribution is 9.13. The predicted molar refractivity (Wildman–Crippen MR) is 89.3 cm³/mol. The summed E-state index contributed by atoms with van der Waals surface area (Å²) in [5, 5.41) is 2.86. The molecule has 0 unspecified atom stereocenters. The zero-order chi connectivity index (χ0) is 17.2. The lowest BCUT2D eigenvalue weighted by Gasteiger charge is -2.44. The Balaban J connectivity index is 1.94. The van der Waals surface area contributed by atoms with Crippen LogP contribution in [0.15, 0.2) is 15.1 Å². The fourth-order valence-electron chi connectivity index (χ4n) is 3.87. The minimum Gasteiger partial charge on any atom is -0.449 e. The number of urea groups is 1. The second kappa shape index (κ2) is 5.22. The van der Waals surface area contributed by atoms with Gasteiger partial charge in [0.25, 0.3) is 5.91 Å². The summed E-state index contributed by atoms with van der Waals surface area (Å²) >= 11 is 6.86. The first-order chi connectivity index (χ1) is 11.4. The van der Waals surface area contributed by atoms with Gasteiger partial charge in [-0.15, -0.1) is 0 Å². The Bertz CT molecular complexity index is 779. The normalized spacial score (nSPS) is 27.7. The van der Waals surface area contributed by atoms with Crippen LogP contribution in [0.2, 0.25) is 0 Å². The fraction of sp³-hybridized carbons (Fsp3) is 0.500. The number of aromatic nitrogens is 1. The van der Waals surface area contributed by atoms with Gasteiger partial charge in [-0.3, -0.25) is 4.79 Å². The van der Waals surface area contributed by atoms with Gasteiger partial charge in [-0.2, -0.15) is 0 Å². The highest BCUT2D eigenvalue weighted by Crippen LogP contribution is 2.50. The first-order valence-corrected chi connectivity index (χ1v) is 9.17. The van der Waals surface area contributed by atoms with Crippen LogP contribution in [0.3, 0.4) is 0 Å². The number of rotatable bonds is 1. The molecule has 2 saturated heterocycles. The number of hydrogen-bond donors (Lipinski definition) is 1. The highest BCUT2D eigenvalue weighted by atomic mass is 79.9. The van der Waals surface area contributed by atoms with Crippen LogP contribution in [0.4, 0.5) is 9.59 Å². The molecule has 2 atom stereocenters. The number of carbonyl (C=O) groups is 3. The minimum atomic E-state index is -0.936. The standard InChI is InChI=1S/C14H14Br2N4O4/c1-2-24-13(23)20-11-14(17-12(20)22)4-3-5-18(14)10(21)8-6-7(15)9(16)19(8)11/h6,11H,2-5H2,1H3,(H,17,22)/t11-,14-/m1/s1. The average molecular weight is 462 g/mol. The number of halogens is 2. The molecular formula is C14H14Br2N4O4. The molecule has 0 bridgehead atoms. The molecule has 0 aliphatic carbocycles. The predicted octanol–water partition coefficient (Wildman–Crippen LogP) is 2.64. The van der Waals surface area contributed by atoms with Gasteiger partial charge in [0.2, 0.25) is 0 Å². The Kier molecular flexibility index (Phi) is 3.47. The van der Waals surface area contributed by atoms with Crippen LogP contribution < -0.4 is 5.32 Å². The van der Waals surface area contributed by atoms with Gasteiger partial charge in [0.05, 0.1) is 11.1 Å². The molecule has 1 N–H and O–H groups in total. The van der Waals surface area contributed by atoms with Crippen molar-refractivity contribution >= 4 is 49.9 Å². The number of amides is 4. The van der Waals surface area contributed by atoms with Crippen molar-refractivity contribution in [3.63, 3.8) is 0 Å². The van der Waals surface area contributed by atoms with Crippen molar-refractivity contribution in [3.05, 3.63) is 20.8 Å². The first-order valence-electron chi connectivity index (χ1n) is 7.58. The minimum absolute atomic E-state index is 0.161. The monoisotopic (exact) mass is 460 g/mol. The molecule has 1 spiro atoms. The third-order valence-electron chi connectivity index (χ3n) is 4.74. The summed E-state index contributed by atoms with van der Waals surface area (Å²) in [5.41, 5.74) is -0.517. The van der Waals surface area contributed by atoms with E-state index in [2.05, 4.69) is 37.2 Å². The van der Waals surface area contributed by atoms with Gasteiger partial charge >= 0.3 is 12.1 Å². The molecular weight excluding hydrogens is 448 g/mol. The zero-order valence-corrected chi connectivity index (χ0v) is 15.9. The molecule has 2 fully saturated rings. The van der Waals surface area contributed by atoms with E-state index < -0.39 is 24.0 Å². The van der Waals surface area contributed by atoms with Crippen molar-refractivity contribution in [2.45, 2.75) is 31.6 Å². The van der Waals surface area contributed by atoms with Crippen LogP contribution in [0.5, 0.6) is 0 Å². The lowest BCUT2D eigenvalue weighted by Crippen LogP contribution is -2.62. The molecule has 0 aromatic carbocycles. The third kappa shape index (κ3) is 1.81. The molecule has 3 aliphatic heterocycles. The summed E-state index contributed by atoms with van der Waals surface area (Å²) in [5.74, 6) is -0.166. The maximum absolute atomic E-state index is 12.9. The summed E-state index contributed by atoms with van der Waals surface area (Å²) in [6, 6.07) is 1.14. The van der Waals surface area contributed by atoms with Crippen LogP contribution in [-0.4, -0.2) is 51.2 Å². The molecule has 0 saturated carbocycles. The summed E-state index contributed by atoms with van der Waals surface area (Å²) in [7, 11) is 0. The number of fused-ring (bicyclic) bond motifs is 2. The van der Waals surface area contributed by atoms with E-state index >= 15 is 0 Å². The number of ether oxygens (including phenoxy) is 1. The second-order valence-corrected chi connectivity index (χ2v) is 7.50. The molecule has 4 heterocycles. The van der Waals surface area contributed by atoms with Crippen molar-refractivity contribution in [2.75, 3.05) is 13.2 Å². The summed E-state index contributed by atoms with van der Waals surface area (Å²) in [6.07, 6.45) is -0.0871. The topological polar surface area (TPSA) is 83.9 Å². The van der Waals surface area contributed by atoms with Crippen molar-refractivity contribution in [3.8, 4) is 0 Å². The zero-order valence-electron chi connectivity index (χ0n) is 12.7. The van der Waals surface area contributed by atoms with E-state index in [4.69, 9.17) is 4.74 Å². The highest BCUT2D eigenvalue weighted by Gasteiger charge is 2.65. The maximum Gasteiger partial charge on any atom is 0.419 e.